The van der Waals surface area contributed by atoms with Gasteiger partial charge in [0, 0.05) is 0 Å². The lowest BCUT2D eigenvalue weighted by atomic mass is 9.87. The summed E-state index contributed by atoms with van der Waals surface area (Å²) in [5.41, 5.74) is 8.78. The van der Waals surface area contributed by atoms with E-state index in [-0.39, 0.29) is 0 Å². The molecule has 1 aliphatic rings. The average Bonchev–Trinajstić information content (AvgIpc) is 2.70. The zero-order chi connectivity index (χ0) is 19.8. The number of benzene rings is 2. The zero-order valence-electron chi connectivity index (χ0n) is 18.3. The van der Waals surface area contributed by atoms with Crippen molar-refractivity contribution in [3.05, 3.63) is 53.1 Å². The van der Waals surface area contributed by atoms with Crippen molar-refractivity contribution in [1.82, 2.24) is 0 Å². The standard InChI is InChI=1S/C27H39P/c1-4-12-21-19-22(13-5-2)27(23(20-21)14-6-3)25-17-10-11-18-26(25)28-24-15-8-7-9-16-24/h10-11,17-20,24,28H,4-9,12-16H2,1-3H3. The highest BCUT2D eigenvalue weighted by Gasteiger charge is 2.19. The van der Waals surface area contributed by atoms with Gasteiger partial charge in [0.25, 0.3) is 0 Å². The van der Waals surface area contributed by atoms with Gasteiger partial charge in [-0.1, -0.05) is 104 Å². The van der Waals surface area contributed by atoms with Crippen LogP contribution in [-0.4, -0.2) is 5.66 Å². The smallest absolute Gasteiger partial charge is 0.0104 e. The minimum Gasteiger partial charge on any atom is -0.0865 e. The lowest BCUT2D eigenvalue weighted by Gasteiger charge is -2.24. The van der Waals surface area contributed by atoms with Gasteiger partial charge in [-0.05, 0) is 70.9 Å². The minimum absolute atomic E-state index is 0.915. The average molecular weight is 395 g/mol. The van der Waals surface area contributed by atoms with E-state index in [0.717, 1.165) is 14.2 Å². The molecule has 2 aromatic carbocycles. The van der Waals surface area contributed by atoms with Crippen LogP contribution in [0.15, 0.2) is 36.4 Å². The second kappa shape index (κ2) is 11.2. The van der Waals surface area contributed by atoms with E-state index in [4.69, 9.17) is 0 Å². The molecule has 1 heteroatoms. The van der Waals surface area contributed by atoms with Crippen molar-refractivity contribution in [2.24, 2.45) is 0 Å². The molecule has 1 fully saturated rings. The van der Waals surface area contributed by atoms with E-state index >= 15 is 0 Å². The fourth-order valence-corrected chi connectivity index (χ4v) is 6.54. The molecule has 0 heterocycles. The van der Waals surface area contributed by atoms with Crippen molar-refractivity contribution < 1.29 is 0 Å². The first-order valence-corrected chi connectivity index (χ1v) is 12.8. The fourth-order valence-electron chi connectivity index (χ4n) is 4.85. The molecule has 28 heavy (non-hydrogen) atoms. The predicted molar refractivity (Wildman–Crippen MR) is 129 cm³/mol. The van der Waals surface area contributed by atoms with E-state index in [1.807, 2.05) is 0 Å². The van der Waals surface area contributed by atoms with E-state index in [0.29, 0.717) is 0 Å². The summed E-state index contributed by atoms with van der Waals surface area (Å²) in [7, 11) is 0.972. The summed E-state index contributed by atoms with van der Waals surface area (Å²) in [5.74, 6) is 0. The highest BCUT2D eigenvalue weighted by Crippen LogP contribution is 2.37. The molecule has 1 saturated carbocycles. The molecular weight excluding hydrogens is 355 g/mol. The van der Waals surface area contributed by atoms with E-state index in [1.54, 1.807) is 33.1 Å². The van der Waals surface area contributed by atoms with Crippen molar-refractivity contribution >= 4 is 13.9 Å². The van der Waals surface area contributed by atoms with Crippen LogP contribution < -0.4 is 5.30 Å². The van der Waals surface area contributed by atoms with Crippen molar-refractivity contribution in [3.8, 4) is 11.1 Å². The van der Waals surface area contributed by atoms with Crippen LogP contribution in [0, 0.1) is 0 Å². The Hall–Kier alpha value is -1.13. The highest BCUT2D eigenvalue weighted by atomic mass is 31.1. The Labute approximate surface area is 175 Å². The van der Waals surface area contributed by atoms with Gasteiger partial charge in [0.15, 0.2) is 0 Å². The Balaban J connectivity index is 2.05. The Morgan fingerprint density at radius 2 is 1.39 bits per heavy atom. The minimum atomic E-state index is 0.915. The van der Waals surface area contributed by atoms with Gasteiger partial charge in [-0.3, -0.25) is 0 Å². The molecule has 0 aliphatic heterocycles. The molecule has 0 aromatic heterocycles. The van der Waals surface area contributed by atoms with Gasteiger partial charge in [0.1, 0.15) is 0 Å². The van der Waals surface area contributed by atoms with Crippen molar-refractivity contribution in [2.45, 2.75) is 97.1 Å². The topological polar surface area (TPSA) is 0 Å². The first-order chi connectivity index (χ1) is 13.8. The van der Waals surface area contributed by atoms with Crippen molar-refractivity contribution in [1.29, 1.82) is 0 Å². The molecule has 1 unspecified atom stereocenters. The first-order valence-electron chi connectivity index (χ1n) is 11.8. The van der Waals surface area contributed by atoms with Gasteiger partial charge in [0.2, 0.25) is 0 Å². The summed E-state index contributed by atoms with van der Waals surface area (Å²) >= 11 is 0. The molecule has 0 radical (unpaired) electrons. The summed E-state index contributed by atoms with van der Waals surface area (Å²) in [4.78, 5) is 0. The van der Waals surface area contributed by atoms with Gasteiger partial charge in [-0.2, -0.15) is 0 Å². The number of hydrogen-bond donors (Lipinski definition) is 0. The van der Waals surface area contributed by atoms with E-state index in [1.165, 1.54) is 70.6 Å². The number of aryl methyl sites for hydroxylation is 3. The van der Waals surface area contributed by atoms with Gasteiger partial charge in [0.05, 0.1) is 0 Å². The molecule has 0 saturated heterocycles. The van der Waals surface area contributed by atoms with Crippen LogP contribution in [0.3, 0.4) is 0 Å². The monoisotopic (exact) mass is 394 g/mol. The van der Waals surface area contributed by atoms with Crippen LogP contribution >= 0.6 is 8.58 Å². The van der Waals surface area contributed by atoms with Gasteiger partial charge >= 0.3 is 0 Å². The molecular formula is C27H39P. The fraction of sp³-hybridized carbons (Fsp3) is 0.556. The van der Waals surface area contributed by atoms with Crippen LogP contribution in [0.1, 0.15) is 88.8 Å². The second-order valence-electron chi connectivity index (χ2n) is 8.56. The summed E-state index contributed by atoms with van der Waals surface area (Å²) < 4.78 is 0. The molecule has 1 atom stereocenters. The molecule has 152 valence electrons. The SMILES string of the molecule is CCCc1cc(CCC)c(-c2ccccc2PC2CCCCC2)c(CCC)c1. The van der Waals surface area contributed by atoms with E-state index < -0.39 is 0 Å². The Kier molecular flexibility index (Phi) is 8.60. The third kappa shape index (κ3) is 5.48. The summed E-state index contributed by atoms with van der Waals surface area (Å²) in [6.45, 7) is 6.95. The normalized spacial score (nSPS) is 15.5. The number of hydrogen-bond acceptors (Lipinski definition) is 0. The largest absolute Gasteiger partial charge is 0.0865 e. The quantitative estimate of drug-likeness (QED) is 0.380. The second-order valence-corrected chi connectivity index (χ2v) is 10.2. The molecule has 1 aliphatic carbocycles. The third-order valence-corrected chi connectivity index (χ3v) is 7.83. The molecule has 2 aromatic rings. The van der Waals surface area contributed by atoms with Crippen molar-refractivity contribution in [2.75, 3.05) is 0 Å². The van der Waals surface area contributed by atoms with Gasteiger partial charge in [-0.15, -0.1) is 0 Å². The molecule has 0 amide bonds. The van der Waals surface area contributed by atoms with Crippen LogP contribution in [0.25, 0.3) is 11.1 Å². The molecule has 0 N–H and O–H groups in total. The first kappa shape index (κ1) is 21.6. The summed E-state index contributed by atoms with van der Waals surface area (Å²) in [6, 6.07) is 14.4. The van der Waals surface area contributed by atoms with E-state index in [9.17, 15) is 0 Å². The van der Waals surface area contributed by atoms with Crippen LogP contribution in [0.5, 0.6) is 0 Å². The van der Waals surface area contributed by atoms with Gasteiger partial charge in [-0.25, -0.2) is 0 Å². The maximum atomic E-state index is 2.53. The third-order valence-electron chi connectivity index (χ3n) is 6.10. The van der Waals surface area contributed by atoms with Crippen LogP contribution in [0.4, 0.5) is 0 Å². The summed E-state index contributed by atoms with van der Waals surface area (Å²) in [6.07, 6.45) is 14.5. The van der Waals surface area contributed by atoms with Crippen LogP contribution in [0.2, 0.25) is 0 Å². The highest BCUT2D eigenvalue weighted by molar-refractivity contribution is 7.48. The molecule has 0 spiro atoms. The Bertz CT molecular complexity index is 713. The Morgan fingerprint density at radius 3 is 2.00 bits per heavy atom. The van der Waals surface area contributed by atoms with Gasteiger partial charge < -0.3 is 0 Å². The molecule has 3 rings (SSSR count). The molecule has 0 bridgehead atoms. The lowest BCUT2D eigenvalue weighted by Crippen LogP contribution is -2.13. The zero-order valence-corrected chi connectivity index (χ0v) is 19.3. The van der Waals surface area contributed by atoms with Crippen molar-refractivity contribution in [3.63, 3.8) is 0 Å². The predicted octanol–water partition coefficient (Wildman–Crippen LogP) is 7.85. The number of rotatable bonds is 9. The maximum absolute atomic E-state index is 2.53. The Morgan fingerprint density at radius 1 is 0.786 bits per heavy atom. The summed E-state index contributed by atoms with van der Waals surface area (Å²) in [5, 5.41) is 1.62. The van der Waals surface area contributed by atoms with E-state index in [2.05, 4.69) is 57.2 Å². The maximum Gasteiger partial charge on any atom is -0.0104 e. The lowest BCUT2D eigenvalue weighted by molar-refractivity contribution is 0.514. The molecule has 0 nitrogen and oxygen atoms in total. The van der Waals surface area contributed by atoms with Crippen LogP contribution in [-0.2, 0) is 19.3 Å².